The van der Waals surface area contributed by atoms with Crippen LogP contribution < -0.4 is 11.1 Å². The number of primary amides is 1. The number of nitrogens with one attached hydrogen (secondary N) is 1. The van der Waals surface area contributed by atoms with Gasteiger partial charge in [0.15, 0.2) is 5.82 Å². The van der Waals surface area contributed by atoms with E-state index in [0.717, 1.165) is 51.6 Å². The fraction of sp³-hybridized carbons (Fsp3) is 0.750. The van der Waals surface area contributed by atoms with Gasteiger partial charge in [0.2, 0.25) is 5.91 Å². The fourth-order valence-corrected chi connectivity index (χ4v) is 3.90. The predicted molar refractivity (Wildman–Crippen MR) is 85.9 cm³/mol. The van der Waals surface area contributed by atoms with Crippen LogP contribution in [0.4, 0.5) is 0 Å². The number of nitrogens with two attached hydrogens (primary N) is 1. The Balaban J connectivity index is 1.67. The molecule has 0 atom stereocenters. The molecule has 24 heavy (non-hydrogen) atoms. The molecule has 1 aliphatic heterocycles. The molecular formula is C16H25N5O3. The lowest BCUT2D eigenvalue weighted by Gasteiger charge is -2.46. The lowest BCUT2D eigenvalue weighted by Crippen LogP contribution is -2.60. The maximum absolute atomic E-state index is 13.0. The van der Waals surface area contributed by atoms with Gasteiger partial charge in [0.05, 0.1) is 6.54 Å². The minimum atomic E-state index is -0.767. The molecule has 132 valence electrons. The highest BCUT2D eigenvalue weighted by atomic mass is 16.5. The Labute approximate surface area is 141 Å². The zero-order chi connectivity index (χ0) is 17.0. The first-order valence-corrected chi connectivity index (χ1v) is 8.77. The second-order valence-corrected chi connectivity index (χ2v) is 6.70. The van der Waals surface area contributed by atoms with E-state index in [0.29, 0.717) is 0 Å². The van der Waals surface area contributed by atoms with Gasteiger partial charge in [-0.25, -0.2) is 0 Å². The van der Waals surface area contributed by atoms with Crippen LogP contribution in [0.2, 0.25) is 0 Å². The summed E-state index contributed by atoms with van der Waals surface area (Å²) in [5.74, 6) is -0.698. The standard InChI is InChI=1S/C16H25N5O3/c17-13(22)14-19-12(20-24-14)11-18-15(23)16(7-3-1-4-8-16)21-9-5-2-6-10-21/h1-11H2,(H2,17,22)(H,18,23). The number of nitrogens with zero attached hydrogens (tertiary/aromatic N) is 3. The van der Waals surface area contributed by atoms with Crippen LogP contribution in [0.25, 0.3) is 0 Å². The average molecular weight is 335 g/mol. The number of rotatable bonds is 5. The first-order valence-electron chi connectivity index (χ1n) is 8.77. The minimum Gasteiger partial charge on any atom is -0.361 e. The maximum Gasteiger partial charge on any atom is 0.315 e. The number of carbonyl (C=O) groups is 2. The summed E-state index contributed by atoms with van der Waals surface area (Å²) in [6.07, 6.45) is 8.71. The Morgan fingerprint density at radius 2 is 1.79 bits per heavy atom. The van der Waals surface area contributed by atoms with Gasteiger partial charge in [-0.15, -0.1) is 0 Å². The molecule has 8 nitrogen and oxygen atoms in total. The summed E-state index contributed by atoms with van der Waals surface area (Å²) in [4.78, 5) is 30.2. The summed E-state index contributed by atoms with van der Waals surface area (Å²) >= 11 is 0. The van der Waals surface area contributed by atoms with Crippen LogP contribution in [-0.2, 0) is 11.3 Å². The van der Waals surface area contributed by atoms with Crippen LogP contribution in [0.5, 0.6) is 0 Å². The van der Waals surface area contributed by atoms with E-state index < -0.39 is 11.4 Å². The van der Waals surface area contributed by atoms with Crippen LogP contribution in [0.15, 0.2) is 4.52 Å². The molecule has 2 heterocycles. The smallest absolute Gasteiger partial charge is 0.315 e. The Morgan fingerprint density at radius 3 is 2.42 bits per heavy atom. The molecule has 1 aromatic heterocycles. The van der Waals surface area contributed by atoms with Gasteiger partial charge < -0.3 is 15.6 Å². The summed E-state index contributed by atoms with van der Waals surface area (Å²) in [5, 5.41) is 6.62. The lowest BCUT2D eigenvalue weighted by molar-refractivity contribution is -0.137. The van der Waals surface area contributed by atoms with E-state index in [1.807, 2.05) is 0 Å². The second-order valence-electron chi connectivity index (χ2n) is 6.70. The molecule has 0 radical (unpaired) electrons. The lowest BCUT2D eigenvalue weighted by atomic mass is 9.78. The summed E-state index contributed by atoms with van der Waals surface area (Å²) in [7, 11) is 0. The van der Waals surface area contributed by atoms with Crippen molar-refractivity contribution in [3.63, 3.8) is 0 Å². The highest BCUT2D eigenvalue weighted by molar-refractivity contribution is 5.88. The Bertz CT molecular complexity index is 588. The number of hydrogen-bond acceptors (Lipinski definition) is 6. The van der Waals surface area contributed by atoms with Crippen molar-refractivity contribution < 1.29 is 14.1 Å². The largest absolute Gasteiger partial charge is 0.361 e. The van der Waals surface area contributed by atoms with Gasteiger partial charge in [-0.2, -0.15) is 4.98 Å². The van der Waals surface area contributed by atoms with Gasteiger partial charge in [-0.3, -0.25) is 14.5 Å². The summed E-state index contributed by atoms with van der Waals surface area (Å²) in [5.41, 5.74) is 4.68. The molecule has 2 aliphatic rings. The van der Waals surface area contributed by atoms with Crippen molar-refractivity contribution in [2.45, 2.75) is 63.5 Å². The van der Waals surface area contributed by atoms with E-state index in [1.165, 1.54) is 12.8 Å². The van der Waals surface area contributed by atoms with Gasteiger partial charge in [0.25, 0.3) is 0 Å². The Morgan fingerprint density at radius 1 is 1.12 bits per heavy atom. The quantitative estimate of drug-likeness (QED) is 0.829. The number of likely N-dealkylation sites (tertiary alicyclic amines) is 1. The molecule has 0 spiro atoms. The van der Waals surface area contributed by atoms with E-state index in [-0.39, 0.29) is 24.2 Å². The summed E-state index contributed by atoms with van der Waals surface area (Å²) in [6.45, 7) is 2.12. The van der Waals surface area contributed by atoms with Gasteiger partial charge in [-0.1, -0.05) is 30.8 Å². The third kappa shape index (κ3) is 3.43. The Kier molecular flexibility index (Phi) is 5.13. The minimum absolute atomic E-state index is 0.0366. The molecule has 8 heteroatoms. The maximum atomic E-state index is 13.0. The molecule has 0 unspecified atom stereocenters. The number of hydrogen-bond donors (Lipinski definition) is 2. The number of carbonyl (C=O) groups excluding carboxylic acids is 2. The highest BCUT2D eigenvalue weighted by Gasteiger charge is 2.44. The molecule has 1 aliphatic carbocycles. The molecule has 2 fully saturated rings. The van der Waals surface area contributed by atoms with E-state index in [4.69, 9.17) is 10.3 Å². The van der Waals surface area contributed by atoms with Crippen molar-refractivity contribution in [3.05, 3.63) is 11.7 Å². The first-order chi connectivity index (χ1) is 11.6. The third-order valence-corrected chi connectivity index (χ3v) is 5.15. The summed E-state index contributed by atoms with van der Waals surface area (Å²) < 4.78 is 4.75. The molecule has 1 saturated heterocycles. The van der Waals surface area contributed by atoms with Crippen molar-refractivity contribution in [3.8, 4) is 0 Å². The van der Waals surface area contributed by atoms with Gasteiger partial charge >= 0.3 is 11.8 Å². The van der Waals surface area contributed by atoms with Gasteiger partial charge in [0.1, 0.15) is 5.54 Å². The molecule has 0 bridgehead atoms. The van der Waals surface area contributed by atoms with Crippen molar-refractivity contribution in [1.29, 1.82) is 0 Å². The predicted octanol–water partition coefficient (Wildman–Crippen LogP) is 0.973. The highest BCUT2D eigenvalue weighted by Crippen LogP contribution is 2.35. The summed E-state index contributed by atoms with van der Waals surface area (Å²) in [6, 6.07) is 0. The zero-order valence-electron chi connectivity index (χ0n) is 13.9. The SMILES string of the molecule is NC(=O)c1nc(CNC(=O)C2(N3CCCCC3)CCCCC2)no1. The topological polar surface area (TPSA) is 114 Å². The van der Waals surface area contributed by atoms with Crippen LogP contribution >= 0.6 is 0 Å². The van der Waals surface area contributed by atoms with Gasteiger partial charge in [-0.05, 0) is 38.8 Å². The van der Waals surface area contributed by atoms with Crippen molar-refractivity contribution in [2.24, 2.45) is 5.73 Å². The average Bonchev–Trinajstić information content (AvgIpc) is 3.10. The van der Waals surface area contributed by atoms with E-state index >= 15 is 0 Å². The number of piperidine rings is 1. The van der Waals surface area contributed by atoms with Crippen molar-refractivity contribution in [1.82, 2.24) is 20.4 Å². The van der Waals surface area contributed by atoms with Crippen molar-refractivity contribution >= 4 is 11.8 Å². The van der Waals surface area contributed by atoms with Crippen LogP contribution in [-0.4, -0.2) is 45.5 Å². The fourth-order valence-electron chi connectivity index (χ4n) is 3.90. The number of aromatic nitrogens is 2. The zero-order valence-corrected chi connectivity index (χ0v) is 13.9. The molecule has 2 amide bonds. The Hall–Kier alpha value is -1.96. The molecule has 3 N–H and O–H groups in total. The second kappa shape index (κ2) is 7.29. The monoisotopic (exact) mass is 335 g/mol. The van der Waals surface area contributed by atoms with Gasteiger partial charge in [0, 0.05) is 0 Å². The molecule has 1 aromatic rings. The van der Waals surface area contributed by atoms with Crippen molar-refractivity contribution in [2.75, 3.05) is 13.1 Å². The molecular weight excluding hydrogens is 310 g/mol. The number of amides is 2. The molecule has 0 aromatic carbocycles. The van der Waals surface area contributed by atoms with Crippen LogP contribution in [0.3, 0.4) is 0 Å². The van der Waals surface area contributed by atoms with E-state index in [9.17, 15) is 9.59 Å². The third-order valence-electron chi connectivity index (χ3n) is 5.15. The molecule has 3 rings (SSSR count). The first kappa shape index (κ1) is 16.9. The van der Waals surface area contributed by atoms with E-state index in [1.54, 1.807) is 0 Å². The van der Waals surface area contributed by atoms with E-state index in [2.05, 4.69) is 20.4 Å². The molecule has 1 saturated carbocycles. The van der Waals surface area contributed by atoms with Crippen LogP contribution in [0, 0.1) is 0 Å². The van der Waals surface area contributed by atoms with Crippen LogP contribution in [0.1, 0.15) is 67.9 Å². The normalized spacial score (nSPS) is 21.3.